The van der Waals surface area contributed by atoms with Crippen molar-refractivity contribution in [1.29, 1.82) is 10.5 Å². The zero-order valence-electron chi connectivity index (χ0n) is 9.94. The van der Waals surface area contributed by atoms with Gasteiger partial charge in [-0.05, 0) is 26.3 Å². The van der Waals surface area contributed by atoms with Gasteiger partial charge in [0.25, 0.3) is 0 Å². The first-order valence-electron chi connectivity index (χ1n) is 5.46. The monoisotopic (exact) mass is 212 g/mol. The van der Waals surface area contributed by atoms with Crippen molar-refractivity contribution in [3.8, 4) is 12.1 Å². The van der Waals surface area contributed by atoms with Gasteiger partial charge in [0.2, 0.25) is 0 Å². The fraction of sp³-hybridized carbons (Fsp3) is 0.429. The molecule has 0 saturated heterocycles. The second kappa shape index (κ2) is 5.33. The Morgan fingerprint density at radius 2 is 1.38 bits per heavy atom. The van der Waals surface area contributed by atoms with Gasteiger partial charge in [0.15, 0.2) is 0 Å². The predicted octanol–water partition coefficient (Wildman–Crippen LogP) is 3.40. The molecular formula is C14H16N2. The number of rotatable bonds is 3. The summed E-state index contributed by atoms with van der Waals surface area (Å²) < 4.78 is 0. The summed E-state index contributed by atoms with van der Waals surface area (Å²) in [5, 5.41) is 18.0. The zero-order valence-corrected chi connectivity index (χ0v) is 9.94. The van der Waals surface area contributed by atoms with Crippen LogP contribution in [0.25, 0.3) is 0 Å². The summed E-state index contributed by atoms with van der Waals surface area (Å²) in [5.41, 5.74) is 2.27. The van der Waals surface area contributed by atoms with Gasteiger partial charge in [-0.1, -0.05) is 29.8 Å². The highest BCUT2D eigenvalue weighted by Gasteiger charge is 2.25. The van der Waals surface area contributed by atoms with Crippen molar-refractivity contribution < 1.29 is 0 Å². The number of hydrogen-bond acceptors (Lipinski definition) is 2. The lowest BCUT2D eigenvalue weighted by Crippen LogP contribution is -2.15. The van der Waals surface area contributed by atoms with Crippen molar-refractivity contribution in [3.05, 3.63) is 35.4 Å². The molecule has 2 nitrogen and oxygen atoms in total. The predicted molar refractivity (Wildman–Crippen MR) is 63.5 cm³/mol. The summed E-state index contributed by atoms with van der Waals surface area (Å²) in [5.74, 6) is -0.287. The molecule has 0 saturated carbocycles. The molecule has 82 valence electrons. The minimum Gasteiger partial charge on any atom is -0.198 e. The Labute approximate surface area is 97.1 Å². The van der Waals surface area contributed by atoms with Crippen LogP contribution in [0.4, 0.5) is 0 Å². The van der Waals surface area contributed by atoms with Crippen molar-refractivity contribution in [2.24, 2.45) is 11.8 Å². The van der Waals surface area contributed by atoms with Crippen LogP contribution in [0.5, 0.6) is 0 Å². The third-order valence-electron chi connectivity index (χ3n) is 2.95. The van der Waals surface area contributed by atoms with Gasteiger partial charge in [-0.3, -0.25) is 0 Å². The molecule has 16 heavy (non-hydrogen) atoms. The smallest absolute Gasteiger partial charge is 0.0659 e. The van der Waals surface area contributed by atoms with Crippen LogP contribution in [0.15, 0.2) is 24.3 Å². The summed E-state index contributed by atoms with van der Waals surface area (Å²) in [7, 11) is 0. The topological polar surface area (TPSA) is 47.6 Å². The SMILES string of the molecule is Cc1ccc(C(C(C)C#N)C(C)C#N)cc1. The molecule has 0 amide bonds. The number of benzene rings is 1. The highest BCUT2D eigenvalue weighted by molar-refractivity contribution is 5.27. The van der Waals surface area contributed by atoms with Crippen LogP contribution in [0.1, 0.15) is 30.9 Å². The molecule has 1 aromatic rings. The third-order valence-corrected chi connectivity index (χ3v) is 2.95. The van der Waals surface area contributed by atoms with Crippen molar-refractivity contribution >= 4 is 0 Å². The second-order valence-electron chi connectivity index (χ2n) is 4.27. The van der Waals surface area contributed by atoms with Crippen LogP contribution in [-0.4, -0.2) is 0 Å². The Hall–Kier alpha value is -1.80. The molecular weight excluding hydrogens is 196 g/mol. The summed E-state index contributed by atoms with van der Waals surface area (Å²) in [6, 6.07) is 12.6. The van der Waals surface area contributed by atoms with Crippen LogP contribution < -0.4 is 0 Å². The van der Waals surface area contributed by atoms with E-state index >= 15 is 0 Å². The van der Waals surface area contributed by atoms with E-state index in [9.17, 15) is 0 Å². The van der Waals surface area contributed by atoms with Crippen LogP contribution in [0.2, 0.25) is 0 Å². The van der Waals surface area contributed by atoms with Gasteiger partial charge < -0.3 is 0 Å². The quantitative estimate of drug-likeness (QED) is 0.771. The standard InChI is InChI=1S/C14H16N2/c1-10-4-6-13(7-5-10)14(11(2)8-15)12(3)9-16/h4-7,11-12,14H,1-3H3. The first kappa shape index (κ1) is 12.3. The molecule has 0 aliphatic heterocycles. The lowest BCUT2D eigenvalue weighted by molar-refractivity contribution is 0.466. The van der Waals surface area contributed by atoms with E-state index in [4.69, 9.17) is 10.5 Å². The molecule has 0 spiro atoms. The van der Waals surface area contributed by atoms with E-state index in [1.807, 2.05) is 45.0 Å². The summed E-state index contributed by atoms with van der Waals surface area (Å²) >= 11 is 0. The van der Waals surface area contributed by atoms with Crippen LogP contribution in [0.3, 0.4) is 0 Å². The molecule has 2 unspecified atom stereocenters. The molecule has 1 rings (SSSR count). The largest absolute Gasteiger partial charge is 0.198 e. The molecule has 0 fully saturated rings. The van der Waals surface area contributed by atoms with Gasteiger partial charge in [0.05, 0.1) is 24.0 Å². The van der Waals surface area contributed by atoms with E-state index < -0.39 is 0 Å². The van der Waals surface area contributed by atoms with Crippen LogP contribution in [0, 0.1) is 41.4 Å². The minimum atomic E-state index is -0.141. The molecule has 0 N–H and O–H groups in total. The Morgan fingerprint density at radius 1 is 0.938 bits per heavy atom. The number of nitrogens with zero attached hydrogens (tertiary/aromatic N) is 2. The lowest BCUT2D eigenvalue weighted by atomic mass is 9.79. The number of nitriles is 2. The van der Waals surface area contributed by atoms with E-state index in [1.54, 1.807) is 0 Å². The summed E-state index contributed by atoms with van der Waals surface area (Å²) in [4.78, 5) is 0. The van der Waals surface area contributed by atoms with Crippen molar-refractivity contribution in [1.82, 2.24) is 0 Å². The fourth-order valence-corrected chi connectivity index (χ4v) is 1.96. The third kappa shape index (κ3) is 2.61. The van der Waals surface area contributed by atoms with Crippen molar-refractivity contribution in [3.63, 3.8) is 0 Å². The second-order valence-corrected chi connectivity index (χ2v) is 4.27. The zero-order chi connectivity index (χ0) is 12.1. The fourth-order valence-electron chi connectivity index (χ4n) is 1.96. The Kier molecular flexibility index (Phi) is 4.09. The van der Waals surface area contributed by atoms with Gasteiger partial charge >= 0.3 is 0 Å². The first-order valence-corrected chi connectivity index (χ1v) is 5.46. The summed E-state index contributed by atoms with van der Waals surface area (Å²) in [6.07, 6.45) is 0. The first-order chi connectivity index (χ1) is 7.60. The molecule has 0 bridgehead atoms. The van der Waals surface area contributed by atoms with Gasteiger partial charge in [0, 0.05) is 5.92 Å². The Balaban J connectivity index is 3.08. The molecule has 2 heteroatoms. The van der Waals surface area contributed by atoms with Crippen LogP contribution >= 0.6 is 0 Å². The van der Waals surface area contributed by atoms with E-state index in [2.05, 4.69) is 12.1 Å². The molecule has 1 aromatic carbocycles. The Morgan fingerprint density at radius 3 is 1.75 bits per heavy atom. The van der Waals surface area contributed by atoms with E-state index in [1.165, 1.54) is 5.56 Å². The number of aryl methyl sites for hydroxylation is 1. The van der Waals surface area contributed by atoms with E-state index in [-0.39, 0.29) is 17.8 Å². The van der Waals surface area contributed by atoms with Gasteiger partial charge in [-0.2, -0.15) is 10.5 Å². The van der Waals surface area contributed by atoms with Gasteiger partial charge in [-0.25, -0.2) is 0 Å². The van der Waals surface area contributed by atoms with Gasteiger partial charge in [-0.15, -0.1) is 0 Å². The van der Waals surface area contributed by atoms with Crippen molar-refractivity contribution in [2.75, 3.05) is 0 Å². The maximum Gasteiger partial charge on any atom is 0.0659 e. The number of hydrogen-bond donors (Lipinski definition) is 0. The van der Waals surface area contributed by atoms with E-state index in [0.29, 0.717) is 0 Å². The molecule has 0 aliphatic rings. The molecule has 0 aliphatic carbocycles. The highest BCUT2D eigenvalue weighted by atomic mass is 14.4. The normalized spacial score (nSPS) is 15.6. The maximum absolute atomic E-state index is 9.01. The molecule has 0 aromatic heterocycles. The average Bonchev–Trinajstić information content (AvgIpc) is 2.31. The Bertz CT molecular complexity index is 400. The highest BCUT2D eigenvalue weighted by Crippen LogP contribution is 2.31. The molecule has 0 heterocycles. The van der Waals surface area contributed by atoms with Crippen molar-refractivity contribution in [2.45, 2.75) is 26.7 Å². The average molecular weight is 212 g/mol. The maximum atomic E-state index is 9.01. The molecule has 0 radical (unpaired) electrons. The van der Waals surface area contributed by atoms with E-state index in [0.717, 1.165) is 5.56 Å². The lowest BCUT2D eigenvalue weighted by Gasteiger charge is -2.21. The summed E-state index contributed by atoms with van der Waals surface area (Å²) in [6.45, 7) is 5.77. The van der Waals surface area contributed by atoms with Crippen LogP contribution in [-0.2, 0) is 0 Å². The molecule has 2 atom stereocenters. The minimum absolute atomic E-state index is 0.00407. The van der Waals surface area contributed by atoms with Gasteiger partial charge in [0.1, 0.15) is 0 Å².